The Labute approximate surface area is 123 Å². The van der Waals surface area contributed by atoms with Gasteiger partial charge in [0.15, 0.2) is 5.12 Å². The molecule has 1 N–H and O–H groups in total. The first-order valence-corrected chi connectivity index (χ1v) is 8.01. The lowest BCUT2D eigenvalue weighted by atomic mass is 9.82. The highest BCUT2D eigenvalue weighted by atomic mass is 32.2. The predicted octanol–water partition coefficient (Wildman–Crippen LogP) is 1.76. The van der Waals surface area contributed by atoms with Gasteiger partial charge in [0.2, 0.25) is 5.91 Å². The van der Waals surface area contributed by atoms with Gasteiger partial charge in [-0.3, -0.25) is 14.4 Å². The summed E-state index contributed by atoms with van der Waals surface area (Å²) in [5, 5.41) is 9.12. The summed E-state index contributed by atoms with van der Waals surface area (Å²) in [5.74, 6) is -0.361. The summed E-state index contributed by atoms with van der Waals surface area (Å²) in [6, 6.07) is 0. The molecular formula is C14H21NO4S. The van der Waals surface area contributed by atoms with Crippen LogP contribution in [0.25, 0.3) is 0 Å². The Morgan fingerprint density at radius 2 is 1.95 bits per heavy atom. The van der Waals surface area contributed by atoms with Crippen molar-refractivity contribution in [3.05, 3.63) is 0 Å². The number of rotatable bonds is 4. The van der Waals surface area contributed by atoms with Crippen molar-refractivity contribution in [2.75, 3.05) is 13.1 Å². The lowest BCUT2D eigenvalue weighted by molar-refractivity contribution is -0.143. The molecule has 1 unspecified atom stereocenters. The fourth-order valence-electron chi connectivity index (χ4n) is 3.13. The number of aliphatic carboxylic acids is 1. The first-order valence-electron chi connectivity index (χ1n) is 7.13. The quantitative estimate of drug-likeness (QED) is 0.856. The number of hydrogen-bond acceptors (Lipinski definition) is 4. The van der Waals surface area contributed by atoms with Crippen molar-refractivity contribution in [3.63, 3.8) is 0 Å². The number of likely N-dealkylation sites (tertiary alicyclic amines) is 1. The first kappa shape index (κ1) is 15.4. The monoisotopic (exact) mass is 299 g/mol. The average molecular weight is 299 g/mol. The topological polar surface area (TPSA) is 74.7 Å². The molecule has 1 aliphatic carbocycles. The molecule has 2 rings (SSSR count). The van der Waals surface area contributed by atoms with Gasteiger partial charge in [0, 0.05) is 31.7 Å². The molecule has 1 aliphatic heterocycles. The zero-order valence-corrected chi connectivity index (χ0v) is 12.5. The Balaban J connectivity index is 1.78. The molecule has 0 aromatic heterocycles. The number of nitrogens with zero attached hydrogens (tertiary/aromatic N) is 1. The van der Waals surface area contributed by atoms with E-state index in [1.165, 1.54) is 18.7 Å². The van der Waals surface area contributed by atoms with Gasteiger partial charge in [-0.2, -0.15) is 0 Å². The number of carboxylic acids is 1. The lowest BCUT2D eigenvalue weighted by Gasteiger charge is -2.29. The number of carboxylic acid groups (broad SMARTS) is 1. The molecule has 1 atom stereocenters. The number of amides is 1. The standard InChI is InChI=1S/C14H21NO4S/c1-9(16)20-12-6-13(17)15(8-12)7-10-2-4-11(5-3-10)14(18)19/h10-12H,2-8H2,1H3,(H,18,19). The lowest BCUT2D eigenvalue weighted by Crippen LogP contribution is -2.34. The predicted molar refractivity (Wildman–Crippen MR) is 76.3 cm³/mol. The second kappa shape index (κ2) is 6.61. The largest absolute Gasteiger partial charge is 0.481 e. The van der Waals surface area contributed by atoms with Crippen LogP contribution in [-0.2, 0) is 14.4 Å². The maximum Gasteiger partial charge on any atom is 0.306 e. The zero-order valence-electron chi connectivity index (χ0n) is 11.7. The zero-order chi connectivity index (χ0) is 14.7. The van der Waals surface area contributed by atoms with Crippen LogP contribution in [0.2, 0.25) is 0 Å². The van der Waals surface area contributed by atoms with Crippen molar-refractivity contribution >= 4 is 28.8 Å². The third-order valence-corrected chi connectivity index (χ3v) is 5.17. The summed E-state index contributed by atoms with van der Waals surface area (Å²) in [4.78, 5) is 35.8. The second-order valence-electron chi connectivity index (χ2n) is 5.79. The number of thioether (sulfide) groups is 1. The average Bonchev–Trinajstić information content (AvgIpc) is 2.69. The van der Waals surface area contributed by atoms with Gasteiger partial charge in [0.1, 0.15) is 0 Å². The van der Waals surface area contributed by atoms with Gasteiger partial charge in [-0.25, -0.2) is 0 Å². The van der Waals surface area contributed by atoms with Crippen molar-refractivity contribution in [1.82, 2.24) is 4.90 Å². The first-order chi connectivity index (χ1) is 9.45. The third kappa shape index (κ3) is 3.98. The number of hydrogen-bond donors (Lipinski definition) is 1. The molecule has 20 heavy (non-hydrogen) atoms. The van der Waals surface area contributed by atoms with Gasteiger partial charge in [-0.15, -0.1) is 0 Å². The van der Waals surface area contributed by atoms with Crippen LogP contribution in [0, 0.1) is 11.8 Å². The Kier molecular flexibility index (Phi) is 5.07. The highest BCUT2D eigenvalue weighted by Crippen LogP contribution is 2.31. The van der Waals surface area contributed by atoms with E-state index >= 15 is 0 Å². The van der Waals surface area contributed by atoms with E-state index < -0.39 is 5.97 Å². The van der Waals surface area contributed by atoms with Gasteiger partial charge in [0.05, 0.1) is 5.92 Å². The fraction of sp³-hybridized carbons (Fsp3) is 0.786. The Morgan fingerprint density at radius 3 is 2.50 bits per heavy atom. The van der Waals surface area contributed by atoms with Gasteiger partial charge in [-0.05, 0) is 31.6 Å². The fourth-order valence-corrected chi connectivity index (χ4v) is 4.08. The SMILES string of the molecule is CC(=O)SC1CC(=O)N(CC2CCC(C(=O)O)CC2)C1. The van der Waals surface area contributed by atoms with Crippen LogP contribution in [0.4, 0.5) is 0 Å². The van der Waals surface area contributed by atoms with Crippen LogP contribution in [0.1, 0.15) is 39.0 Å². The summed E-state index contributed by atoms with van der Waals surface area (Å²) >= 11 is 1.26. The van der Waals surface area contributed by atoms with Crippen LogP contribution >= 0.6 is 11.8 Å². The molecule has 1 saturated heterocycles. The molecule has 0 aromatic rings. The van der Waals surface area contributed by atoms with E-state index in [0.717, 1.165) is 19.4 Å². The van der Waals surface area contributed by atoms with Gasteiger partial charge < -0.3 is 10.0 Å². The van der Waals surface area contributed by atoms with E-state index in [-0.39, 0.29) is 22.2 Å². The second-order valence-corrected chi connectivity index (χ2v) is 7.27. The smallest absolute Gasteiger partial charge is 0.306 e. The Hall–Kier alpha value is -1.04. The molecular weight excluding hydrogens is 278 g/mol. The molecule has 6 heteroatoms. The molecule has 5 nitrogen and oxygen atoms in total. The van der Waals surface area contributed by atoms with Crippen molar-refractivity contribution < 1.29 is 19.5 Å². The maximum absolute atomic E-state index is 11.9. The summed E-state index contributed by atoms with van der Waals surface area (Å²) in [5.41, 5.74) is 0. The Morgan fingerprint density at radius 1 is 1.30 bits per heavy atom. The van der Waals surface area contributed by atoms with Crippen LogP contribution in [0.15, 0.2) is 0 Å². The van der Waals surface area contributed by atoms with Crippen molar-refractivity contribution in [2.45, 2.75) is 44.3 Å². The van der Waals surface area contributed by atoms with Crippen molar-refractivity contribution in [2.24, 2.45) is 11.8 Å². The minimum Gasteiger partial charge on any atom is -0.481 e. The van der Waals surface area contributed by atoms with E-state index in [1.54, 1.807) is 0 Å². The minimum absolute atomic E-state index is 0.0617. The van der Waals surface area contributed by atoms with Crippen molar-refractivity contribution in [1.29, 1.82) is 0 Å². The highest BCUT2D eigenvalue weighted by Gasteiger charge is 2.34. The summed E-state index contributed by atoms with van der Waals surface area (Å²) < 4.78 is 0. The molecule has 112 valence electrons. The molecule has 0 radical (unpaired) electrons. The third-order valence-electron chi connectivity index (χ3n) is 4.19. The summed E-state index contributed by atoms with van der Waals surface area (Å²) in [6.45, 7) is 2.91. The van der Waals surface area contributed by atoms with Crippen LogP contribution in [0.3, 0.4) is 0 Å². The molecule has 0 spiro atoms. The normalized spacial score (nSPS) is 30.6. The van der Waals surface area contributed by atoms with Crippen LogP contribution in [-0.4, -0.2) is 45.3 Å². The molecule has 0 bridgehead atoms. The highest BCUT2D eigenvalue weighted by molar-refractivity contribution is 8.14. The molecule has 1 saturated carbocycles. The molecule has 2 fully saturated rings. The molecule has 2 aliphatic rings. The number of carbonyl (C=O) groups excluding carboxylic acids is 2. The van der Waals surface area contributed by atoms with E-state index in [4.69, 9.17) is 5.11 Å². The minimum atomic E-state index is -0.696. The van der Waals surface area contributed by atoms with Gasteiger partial charge >= 0.3 is 5.97 Å². The van der Waals surface area contributed by atoms with E-state index in [2.05, 4.69) is 0 Å². The summed E-state index contributed by atoms with van der Waals surface area (Å²) in [7, 11) is 0. The van der Waals surface area contributed by atoms with Crippen LogP contribution < -0.4 is 0 Å². The number of carbonyl (C=O) groups is 3. The summed E-state index contributed by atoms with van der Waals surface area (Å²) in [6.07, 6.45) is 3.65. The molecule has 0 aromatic carbocycles. The van der Waals surface area contributed by atoms with Crippen molar-refractivity contribution in [3.8, 4) is 0 Å². The molecule has 1 amide bonds. The Bertz CT molecular complexity index is 404. The van der Waals surface area contributed by atoms with Crippen LogP contribution in [0.5, 0.6) is 0 Å². The van der Waals surface area contributed by atoms with E-state index in [0.29, 0.717) is 31.7 Å². The van der Waals surface area contributed by atoms with Gasteiger partial charge in [-0.1, -0.05) is 11.8 Å². The van der Waals surface area contributed by atoms with E-state index in [9.17, 15) is 14.4 Å². The molecule has 1 heterocycles. The van der Waals surface area contributed by atoms with Gasteiger partial charge in [0.25, 0.3) is 0 Å². The van der Waals surface area contributed by atoms with E-state index in [1.807, 2.05) is 4.90 Å². The maximum atomic E-state index is 11.9.